The fourth-order valence-corrected chi connectivity index (χ4v) is 1.47. The molecule has 0 aliphatic carbocycles. The first-order valence-electron chi connectivity index (χ1n) is 5.30. The molecule has 90 valence electrons. The Hall–Kier alpha value is -2.56. The van der Waals surface area contributed by atoms with Crippen LogP contribution in [0.15, 0.2) is 42.6 Å². The Labute approximate surface area is 103 Å². The van der Waals surface area contributed by atoms with Gasteiger partial charge in [-0.15, -0.1) is 0 Å². The number of hydrogen-bond acceptors (Lipinski definition) is 4. The molecule has 1 N–H and O–H groups in total. The molecule has 0 saturated carbocycles. The fraction of sp³-hybridized carbons (Fsp3) is 0.0769. The van der Waals surface area contributed by atoms with Crippen LogP contribution in [0, 0.1) is 0 Å². The highest BCUT2D eigenvalue weighted by Crippen LogP contribution is 2.14. The minimum Gasteiger partial charge on any atom is -0.481 e. The molecular weight excluding hydrogens is 232 g/mol. The normalized spacial score (nSPS) is 10.0. The second kappa shape index (κ2) is 5.18. The lowest BCUT2D eigenvalue weighted by molar-refractivity contribution is -0.135. The summed E-state index contributed by atoms with van der Waals surface area (Å²) < 4.78 is 0. The molecule has 5 heteroatoms. The first-order valence-corrected chi connectivity index (χ1v) is 5.30. The van der Waals surface area contributed by atoms with Gasteiger partial charge in [-0.05, 0) is 6.07 Å². The van der Waals surface area contributed by atoms with Crippen molar-refractivity contribution in [2.75, 3.05) is 0 Å². The Morgan fingerprint density at radius 1 is 1.11 bits per heavy atom. The molecule has 0 bridgehead atoms. The van der Waals surface area contributed by atoms with Gasteiger partial charge in [0.25, 0.3) is 0 Å². The first kappa shape index (κ1) is 11.9. The van der Waals surface area contributed by atoms with Gasteiger partial charge in [-0.25, -0.2) is 9.97 Å². The summed E-state index contributed by atoms with van der Waals surface area (Å²) in [6.45, 7) is 0. The summed E-state index contributed by atoms with van der Waals surface area (Å²) >= 11 is 0. The fourth-order valence-electron chi connectivity index (χ4n) is 1.47. The van der Waals surface area contributed by atoms with Crippen LogP contribution < -0.4 is 0 Å². The molecule has 0 aliphatic rings. The number of aliphatic carboxylic acids is 1. The third-order valence-electron chi connectivity index (χ3n) is 2.29. The second-order valence-corrected chi connectivity index (χ2v) is 3.63. The van der Waals surface area contributed by atoms with Gasteiger partial charge in [0.05, 0.1) is 0 Å². The summed E-state index contributed by atoms with van der Waals surface area (Å²) in [6, 6.07) is 10.6. The molecule has 0 saturated heterocycles. The number of Topliss-reactive ketones (excluding diaryl/α,β-unsaturated/α-hetero) is 1. The Morgan fingerprint density at radius 3 is 2.50 bits per heavy atom. The summed E-state index contributed by atoms with van der Waals surface area (Å²) in [6.07, 6.45) is 0.885. The highest BCUT2D eigenvalue weighted by Gasteiger charge is 2.13. The summed E-state index contributed by atoms with van der Waals surface area (Å²) in [5.74, 6) is -1.28. The highest BCUT2D eigenvalue weighted by atomic mass is 16.4. The number of carbonyl (C=O) groups excluding carboxylic acids is 1. The SMILES string of the molecule is O=C(O)CC(=O)c1ccnc(-c2ccccc2)n1. The summed E-state index contributed by atoms with van der Waals surface area (Å²) in [7, 11) is 0. The van der Waals surface area contributed by atoms with Crippen molar-refractivity contribution in [3.8, 4) is 11.4 Å². The van der Waals surface area contributed by atoms with Gasteiger partial charge in [0.15, 0.2) is 11.6 Å². The summed E-state index contributed by atoms with van der Waals surface area (Å²) in [4.78, 5) is 30.2. The number of hydrogen-bond donors (Lipinski definition) is 1. The molecule has 1 aromatic carbocycles. The van der Waals surface area contributed by atoms with Crippen molar-refractivity contribution in [1.29, 1.82) is 0 Å². The Kier molecular flexibility index (Phi) is 3.43. The highest BCUT2D eigenvalue weighted by molar-refractivity contribution is 6.04. The van der Waals surface area contributed by atoms with Gasteiger partial charge >= 0.3 is 5.97 Å². The van der Waals surface area contributed by atoms with Gasteiger partial charge in [-0.2, -0.15) is 0 Å². The zero-order chi connectivity index (χ0) is 13.0. The zero-order valence-electron chi connectivity index (χ0n) is 9.41. The van der Waals surface area contributed by atoms with E-state index >= 15 is 0 Å². The Balaban J connectivity index is 2.31. The van der Waals surface area contributed by atoms with E-state index in [1.807, 2.05) is 30.3 Å². The van der Waals surface area contributed by atoms with Crippen molar-refractivity contribution < 1.29 is 14.7 Å². The van der Waals surface area contributed by atoms with Crippen LogP contribution in [0.1, 0.15) is 16.9 Å². The molecule has 0 unspecified atom stereocenters. The molecule has 1 heterocycles. The first-order chi connectivity index (χ1) is 8.66. The topological polar surface area (TPSA) is 80.1 Å². The largest absolute Gasteiger partial charge is 0.481 e. The average Bonchev–Trinajstić information content (AvgIpc) is 2.39. The number of carboxylic acids is 1. The monoisotopic (exact) mass is 242 g/mol. The quantitative estimate of drug-likeness (QED) is 0.653. The molecule has 0 amide bonds. The van der Waals surface area contributed by atoms with E-state index in [-0.39, 0.29) is 5.69 Å². The van der Waals surface area contributed by atoms with Crippen LogP contribution in [0.2, 0.25) is 0 Å². The molecule has 5 nitrogen and oxygen atoms in total. The standard InChI is InChI=1S/C13H10N2O3/c16-11(8-12(17)18)10-6-7-14-13(15-10)9-4-2-1-3-5-9/h1-7H,8H2,(H,17,18). The Bertz CT molecular complexity index is 582. The van der Waals surface area contributed by atoms with Crippen molar-refractivity contribution in [2.45, 2.75) is 6.42 Å². The number of benzene rings is 1. The number of aromatic nitrogens is 2. The molecule has 0 spiro atoms. The van der Waals surface area contributed by atoms with E-state index in [4.69, 9.17) is 5.11 Å². The van der Waals surface area contributed by atoms with Crippen molar-refractivity contribution >= 4 is 11.8 Å². The minimum atomic E-state index is -1.17. The average molecular weight is 242 g/mol. The van der Waals surface area contributed by atoms with Crippen LogP contribution in [0.5, 0.6) is 0 Å². The van der Waals surface area contributed by atoms with Crippen molar-refractivity contribution in [2.24, 2.45) is 0 Å². The third kappa shape index (κ3) is 2.76. The third-order valence-corrected chi connectivity index (χ3v) is 2.29. The van der Waals surface area contributed by atoms with Crippen LogP contribution in [0.25, 0.3) is 11.4 Å². The maximum Gasteiger partial charge on any atom is 0.311 e. The van der Waals surface area contributed by atoms with Crippen molar-refractivity contribution in [1.82, 2.24) is 9.97 Å². The van der Waals surface area contributed by atoms with E-state index in [1.54, 1.807) is 0 Å². The predicted octanol–water partition coefficient (Wildman–Crippen LogP) is 1.80. The molecule has 0 aliphatic heterocycles. The van der Waals surface area contributed by atoms with E-state index in [1.165, 1.54) is 12.3 Å². The van der Waals surface area contributed by atoms with E-state index < -0.39 is 18.2 Å². The minimum absolute atomic E-state index is 0.117. The number of ketones is 1. The molecule has 0 atom stereocenters. The van der Waals surface area contributed by atoms with Crippen LogP contribution >= 0.6 is 0 Å². The maximum absolute atomic E-state index is 11.6. The van der Waals surface area contributed by atoms with Crippen LogP contribution in [0.4, 0.5) is 0 Å². The predicted molar refractivity (Wildman–Crippen MR) is 64.1 cm³/mol. The van der Waals surface area contributed by atoms with Crippen molar-refractivity contribution in [3.63, 3.8) is 0 Å². The van der Waals surface area contributed by atoms with Crippen molar-refractivity contribution in [3.05, 3.63) is 48.3 Å². The lowest BCUT2D eigenvalue weighted by Crippen LogP contribution is -2.09. The van der Waals surface area contributed by atoms with Gasteiger partial charge in [-0.1, -0.05) is 30.3 Å². The second-order valence-electron chi connectivity index (χ2n) is 3.63. The lowest BCUT2D eigenvalue weighted by atomic mass is 10.2. The molecular formula is C13H10N2O3. The summed E-state index contributed by atoms with van der Waals surface area (Å²) in [5, 5.41) is 8.57. The number of carbonyl (C=O) groups is 2. The molecule has 2 aromatic rings. The number of rotatable bonds is 4. The van der Waals surface area contributed by atoms with Crippen LogP contribution in [-0.2, 0) is 4.79 Å². The molecule has 0 fully saturated rings. The van der Waals surface area contributed by atoms with Gasteiger partial charge in [0.2, 0.25) is 0 Å². The number of nitrogens with zero attached hydrogens (tertiary/aromatic N) is 2. The van der Waals surface area contributed by atoms with E-state index in [0.717, 1.165) is 5.56 Å². The van der Waals surface area contributed by atoms with E-state index in [0.29, 0.717) is 5.82 Å². The molecule has 2 rings (SSSR count). The van der Waals surface area contributed by atoms with Gasteiger partial charge < -0.3 is 5.11 Å². The maximum atomic E-state index is 11.6. The van der Waals surface area contributed by atoms with Crippen LogP contribution in [0.3, 0.4) is 0 Å². The summed E-state index contributed by atoms with van der Waals surface area (Å²) in [5.41, 5.74) is 0.897. The Morgan fingerprint density at radius 2 is 1.83 bits per heavy atom. The van der Waals surface area contributed by atoms with E-state index in [2.05, 4.69) is 9.97 Å². The van der Waals surface area contributed by atoms with Gasteiger partial charge in [0, 0.05) is 11.8 Å². The smallest absolute Gasteiger partial charge is 0.311 e. The zero-order valence-corrected chi connectivity index (χ0v) is 9.41. The molecule has 0 radical (unpaired) electrons. The number of carboxylic acid groups (broad SMARTS) is 1. The van der Waals surface area contributed by atoms with Gasteiger partial charge in [-0.3, -0.25) is 9.59 Å². The molecule has 1 aromatic heterocycles. The lowest BCUT2D eigenvalue weighted by Gasteiger charge is -2.01. The van der Waals surface area contributed by atoms with Gasteiger partial charge in [0.1, 0.15) is 12.1 Å². The van der Waals surface area contributed by atoms with E-state index in [9.17, 15) is 9.59 Å². The van der Waals surface area contributed by atoms with Crippen LogP contribution in [-0.4, -0.2) is 26.8 Å². The molecule has 18 heavy (non-hydrogen) atoms.